The van der Waals surface area contributed by atoms with Gasteiger partial charge in [0.25, 0.3) is 0 Å². The second kappa shape index (κ2) is 5.16. The van der Waals surface area contributed by atoms with Crippen LogP contribution in [0.1, 0.15) is 27.2 Å². The van der Waals surface area contributed by atoms with Gasteiger partial charge in [-0.3, -0.25) is 0 Å². The fourth-order valence-corrected chi connectivity index (χ4v) is 1.35. The Morgan fingerprint density at radius 2 is 2.33 bits per heavy atom. The van der Waals surface area contributed by atoms with Gasteiger partial charge in [-0.25, -0.2) is 4.79 Å². The van der Waals surface area contributed by atoms with Gasteiger partial charge in [0.05, 0.1) is 0 Å². The van der Waals surface area contributed by atoms with E-state index in [-0.39, 0.29) is 6.09 Å². The standard InChI is InChI=1S/C11H20N2O2/c1-11(2,3)15-10(14)13-7-5-9-4-6-12-8-9/h5,12H,4,6-8H2,1-3H3,(H,13,14). The lowest BCUT2D eigenvalue weighted by molar-refractivity contribution is 0.0534. The highest BCUT2D eigenvalue weighted by Crippen LogP contribution is 2.07. The number of carbonyl (C=O) groups excluding carboxylic acids is 1. The van der Waals surface area contributed by atoms with E-state index in [1.165, 1.54) is 5.57 Å². The summed E-state index contributed by atoms with van der Waals surface area (Å²) in [6.07, 6.45) is 2.77. The van der Waals surface area contributed by atoms with Crippen molar-refractivity contribution in [3.63, 3.8) is 0 Å². The number of rotatable bonds is 2. The monoisotopic (exact) mass is 212 g/mol. The predicted octanol–water partition coefficient (Wildman–Crippen LogP) is 1.43. The first-order chi connectivity index (χ1) is 6.97. The zero-order chi connectivity index (χ0) is 11.3. The second-order valence-electron chi connectivity index (χ2n) is 4.67. The van der Waals surface area contributed by atoms with Crippen molar-refractivity contribution < 1.29 is 9.53 Å². The molecule has 0 bridgehead atoms. The van der Waals surface area contributed by atoms with Crippen LogP contribution in [0.4, 0.5) is 4.79 Å². The SMILES string of the molecule is CC(C)(C)OC(=O)NCC=C1CCNC1. The third kappa shape index (κ3) is 5.42. The molecular formula is C11H20N2O2. The number of alkyl carbamates (subject to hydrolysis) is 1. The molecule has 0 atom stereocenters. The molecule has 0 aromatic carbocycles. The maximum absolute atomic E-state index is 11.3. The zero-order valence-corrected chi connectivity index (χ0v) is 9.72. The lowest BCUT2D eigenvalue weighted by atomic mass is 10.2. The van der Waals surface area contributed by atoms with E-state index >= 15 is 0 Å². The summed E-state index contributed by atoms with van der Waals surface area (Å²) in [7, 11) is 0. The average Bonchev–Trinajstić information content (AvgIpc) is 2.53. The first-order valence-electron chi connectivity index (χ1n) is 5.33. The van der Waals surface area contributed by atoms with E-state index < -0.39 is 5.60 Å². The van der Waals surface area contributed by atoms with Gasteiger partial charge in [0.1, 0.15) is 5.60 Å². The fraction of sp³-hybridized carbons (Fsp3) is 0.727. The molecule has 0 spiro atoms. The summed E-state index contributed by atoms with van der Waals surface area (Å²) in [6, 6.07) is 0. The Morgan fingerprint density at radius 3 is 2.87 bits per heavy atom. The topological polar surface area (TPSA) is 50.4 Å². The molecule has 0 unspecified atom stereocenters. The van der Waals surface area contributed by atoms with Crippen LogP contribution in [-0.4, -0.2) is 31.3 Å². The highest BCUT2D eigenvalue weighted by Gasteiger charge is 2.15. The van der Waals surface area contributed by atoms with Crippen LogP contribution >= 0.6 is 0 Å². The summed E-state index contributed by atoms with van der Waals surface area (Å²) in [5.41, 5.74) is 0.928. The zero-order valence-electron chi connectivity index (χ0n) is 9.72. The number of carbonyl (C=O) groups is 1. The molecule has 1 rings (SSSR count). The summed E-state index contributed by atoms with van der Waals surface area (Å²) >= 11 is 0. The summed E-state index contributed by atoms with van der Waals surface area (Å²) in [4.78, 5) is 11.3. The van der Waals surface area contributed by atoms with Gasteiger partial charge in [-0.05, 0) is 33.7 Å². The van der Waals surface area contributed by atoms with Gasteiger partial charge < -0.3 is 15.4 Å². The van der Waals surface area contributed by atoms with Crippen LogP contribution in [0.15, 0.2) is 11.6 Å². The summed E-state index contributed by atoms with van der Waals surface area (Å²) < 4.78 is 5.11. The molecular weight excluding hydrogens is 192 g/mol. The largest absolute Gasteiger partial charge is 0.444 e. The van der Waals surface area contributed by atoms with Crippen molar-refractivity contribution in [2.45, 2.75) is 32.8 Å². The van der Waals surface area contributed by atoms with Crippen LogP contribution in [0.5, 0.6) is 0 Å². The van der Waals surface area contributed by atoms with Gasteiger partial charge in [0.15, 0.2) is 0 Å². The van der Waals surface area contributed by atoms with Crippen LogP contribution in [0.2, 0.25) is 0 Å². The average molecular weight is 212 g/mol. The first-order valence-corrected chi connectivity index (χ1v) is 5.33. The van der Waals surface area contributed by atoms with Crippen molar-refractivity contribution in [2.24, 2.45) is 0 Å². The molecule has 1 aliphatic heterocycles. The molecule has 1 amide bonds. The van der Waals surface area contributed by atoms with Crippen LogP contribution < -0.4 is 10.6 Å². The minimum absolute atomic E-state index is 0.356. The molecule has 86 valence electrons. The van der Waals surface area contributed by atoms with Crippen molar-refractivity contribution in [2.75, 3.05) is 19.6 Å². The van der Waals surface area contributed by atoms with Gasteiger partial charge in [-0.1, -0.05) is 11.6 Å². The molecule has 15 heavy (non-hydrogen) atoms. The smallest absolute Gasteiger partial charge is 0.407 e. The van der Waals surface area contributed by atoms with Crippen LogP contribution in [0.3, 0.4) is 0 Å². The molecule has 2 N–H and O–H groups in total. The maximum atomic E-state index is 11.3. The minimum Gasteiger partial charge on any atom is -0.444 e. The molecule has 0 aromatic heterocycles. The molecule has 1 fully saturated rings. The molecule has 4 heteroatoms. The summed E-state index contributed by atoms with van der Waals surface area (Å²) in [5, 5.41) is 5.94. The Balaban J connectivity index is 2.19. The number of nitrogens with one attached hydrogen (secondary N) is 2. The normalized spacial score (nSPS) is 19.3. The van der Waals surface area contributed by atoms with Gasteiger partial charge in [-0.15, -0.1) is 0 Å². The van der Waals surface area contributed by atoms with Crippen LogP contribution in [0, 0.1) is 0 Å². The van der Waals surface area contributed by atoms with Crippen molar-refractivity contribution in [3.05, 3.63) is 11.6 Å². The molecule has 1 saturated heterocycles. The number of amides is 1. The first kappa shape index (κ1) is 12.0. The molecule has 0 aliphatic carbocycles. The summed E-state index contributed by atoms with van der Waals surface area (Å²) in [6.45, 7) is 8.09. The van der Waals surface area contributed by atoms with E-state index in [0.717, 1.165) is 19.5 Å². The van der Waals surface area contributed by atoms with Gasteiger partial charge in [-0.2, -0.15) is 0 Å². The quantitative estimate of drug-likeness (QED) is 0.681. The van der Waals surface area contributed by atoms with Crippen LogP contribution in [0.25, 0.3) is 0 Å². The van der Waals surface area contributed by atoms with E-state index in [4.69, 9.17) is 4.74 Å². The van der Waals surface area contributed by atoms with Crippen molar-refractivity contribution >= 4 is 6.09 Å². The van der Waals surface area contributed by atoms with Crippen molar-refractivity contribution in [1.29, 1.82) is 0 Å². The summed E-state index contributed by atoms with van der Waals surface area (Å²) in [5.74, 6) is 0. The Bertz CT molecular complexity index is 246. The third-order valence-electron chi connectivity index (χ3n) is 2.01. The molecule has 4 nitrogen and oxygen atoms in total. The molecule has 1 heterocycles. The Labute approximate surface area is 91.1 Å². The van der Waals surface area contributed by atoms with Crippen molar-refractivity contribution in [3.8, 4) is 0 Å². The molecule has 0 saturated carbocycles. The van der Waals surface area contributed by atoms with E-state index in [9.17, 15) is 4.79 Å². The Hall–Kier alpha value is -1.03. The predicted molar refractivity (Wildman–Crippen MR) is 59.8 cm³/mol. The highest BCUT2D eigenvalue weighted by molar-refractivity contribution is 5.67. The van der Waals surface area contributed by atoms with E-state index in [1.807, 2.05) is 26.8 Å². The lowest BCUT2D eigenvalue weighted by Gasteiger charge is -2.19. The van der Waals surface area contributed by atoms with Gasteiger partial charge >= 0.3 is 6.09 Å². The molecule has 0 aromatic rings. The number of ether oxygens (including phenoxy) is 1. The van der Waals surface area contributed by atoms with Gasteiger partial charge in [0, 0.05) is 13.1 Å². The van der Waals surface area contributed by atoms with E-state index in [0.29, 0.717) is 6.54 Å². The van der Waals surface area contributed by atoms with E-state index in [1.54, 1.807) is 0 Å². The number of hydrogen-bond acceptors (Lipinski definition) is 3. The molecule has 1 aliphatic rings. The highest BCUT2D eigenvalue weighted by atomic mass is 16.6. The van der Waals surface area contributed by atoms with Crippen LogP contribution in [-0.2, 0) is 4.74 Å². The lowest BCUT2D eigenvalue weighted by Crippen LogP contribution is -2.32. The molecule has 0 radical (unpaired) electrons. The Morgan fingerprint density at radius 1 is 1.60 bits per heavy atom. The Kier molecular flexibility index (Phi) is 4.15. The number of hydrogen-bond donors (Lipinski definition) is 2. The minimum atomic E-state index is -0.424. The van der Waals surface area contributed by atoms with Crippen molar-refractivity contribution in [1.82, 2.24) is 10.6 Å². The maximum Gasteiger partial charge on any atom is 0.407 e. The van der Waals surface area contributed by atoms with Gasteiger partial charge in [0.2, 0.25) is 0 Å². The fourth-order valence-electron chi connectivity index (χ4n) is 1.35. The second-order valence-corrected chi connectivity index (χ2v) is 4.67. The van der Waals surface area contributed by atoms with E-state index in [2.05, 4.69) is 10.6 Å². The third-order valence-corrected chi connectivity index (χ3v) is 2.01.